The fourth-order valence-electron chi connectivity index (χ4n) is 3.81. The molecule has 188 valence electrons. The van der Waals surface area contributed by atoms with Crippen LogP contribution in [0.1, 0.15) is 52.7 Å². The normalized spacial score (nSPS) is 12.2. The van der Waals surface area contributed by atoms with Crippen LogP contribution in [0.15, 0.2) is 55.1 Å². The van der Waals surface area contributed by atoms with Gasteiger partial charge in [0.05, 0.1) is 0 Å². The lowest BCUT2D eigenvalue weighted by molar-refractivity contribution is 0.0851. The van der Waals surface area contributed by atoms with Crippen LogP contribution in [0, 0.1) is 0 Å². The zero-order chi connectivity index (χ0) is 25.0. The van der Waals surface area contributed by atoms with Crippen LogP contribution in [0.5, 0.6) is 0 Å². The maximum atomic E-state index is 6.03. The van der Waals surface area contributed by atoms with Crippen molar-refractivity contribution < 1.29 is 26.6 Å². The standard InChI is InChI=1S/C26H40O6Si2/c1-8-27-33(28-9-2,29-10-3)25-18-14-23(15-19-25)22(7)24-16-20-26(21-17-24)34(30-11-4,31-12-5)32-13-6/h14-21H,7-13H2,1-6H3. The van der Waals surface area contributed by atoms with Gasteiger partial charge < -0.3 is 26.6 Å². The van der Waals surface area contributed by atoms with Crippen LogP contribution >= 0.6 is 0 Å². The predicted octanol–water partition coefficient (Wildman–Crippen LogP) is 4.26. The monoisotopic (exact) mass is 504 g/mol. The first kappa shape index (κ1) is 28.6. The molecule has 0 unspecified atom stereocenters. The highest BCUT2D eigenvalue weighted by Crippen LogP contribution is 2.22. The van der Waals surface area contributed by atoms with Gasteiger partial charge in [-0.3, -0.25) is 0 Å². The van der Waals surface area contributed by atoms with Crippen molar-refractivity contribution in [1.29, 1.82) is 0 Å². The van der Waals surface area contributed by atoms with Gasteiger partial charge in [-0.15, -0.1) is 0 Å². The summed E-state index contributed by atoms with van der Waals surface area (Å²) in [6.45, 7) is 19.3. The van der Waals surface area contributed by atoms with Crippen molar-refractivity contribution in [1.82, 2.24) is 0 Å². The Bertz CT molecular complexity index is 764. The summed E-state index contributed by atoms with van der Waals surface area (Å²) in [5.41, 5.74) is 2.96. The van der Waals surface area contributed by atoms with E-state index in [1.165, 1.54) is 0 Å². The first-order chi connectivity index (χ1) is 16.5. The van der Waals surface area contributed by atoms with E-state index >= 15 is 0 Å². The van der Waals surface area contributed by atoms with Gasteiger partial charge in [-0.2, -0.15) is 0 Å². The van der Waals surface area contributed by atoms with Crippen molar-refractivity contribution >= 4 is 33.6 Å². The molecule has 0 aliphatic carbocycles. The van der Waals surface area contributed by atoms with Crippen LogP contribution < -0.4 is 10.4 Å². The van der Waals surface area contributed by atoms with Gasteiger partial charge in [-0.1, -0.05) is 55.1 Å². The van der Waals surface area contributed by atoms with Crippen LogP contribution in [0.25, 0.3) is 5.57 Å². The van der Waals surface area contributed by atoms with Gasteiger partial charge in [0.15, 0.2) is 0 Å². The van der Waals surface area contributed by atoms with E-state index in [0.717, 1.165) is 27.1 Å². The number of hydrogen-bond donors (Lipinski definition) is 0. The average molecular weight is 505 g/mol. The first-order valence-electron chi connectivity index (χ1n) is 12.2. The Kier molecular flexibility index (Phi) is 11.8. The zero-order valence-corrected chi connectivity index (χ0v) is 23.5. The zero-order valence-electron chi connectivity index (χ0n) is 21.5. The molecule has 2 aromatic carbocycles. The molecule has 2 aromatic rings. The quantitative estimate of drug-likeness (QED) is 0.319. The predicted molar refractivity (Wildman–Crippen MR) is 142 cm³/mol. The third-order valence-electron chi connectivity index (χ3n) is 5.18. The topological polar surface area (TPSA) is 55.4 Å². The number of hydrogen-bond acceptors (Lipinski definition) is 6. The van der Waals surface area contributed by atoms with Crippen LogP contribution in [0.2, 0.25) is 0 Å². The van der Waals surface area contributed by atoms with E-state index in [2.05, 4.69) is 6.58 Å². The molecule has 0 spiro atoms. The second-order valence-corrected chi connectivity index (χ2v) is 12.5. The molecule has 0 saturated carbocycles. The van der Waals surface area contributed by atoms with Crippen LogP contribution in [-0.4, -0.2) is 57.3 Å². The van der Waals surface area contributed by atoms with Gasteiger partial charge in [0.2, 0.25) is 0 Å². The van der Waals surface area contributed by atoms with E-state index in [1.54, 1.807) is 0 Å². The van der Waals surface area contributed by atoms with Crippen LogP contribution in [0.4, 0.5) is 0 Å². The van der Waals surface area contributed by atoms with Gasteiger partial charge in [0, 0.05) is 50.0 Å². The Labute approximate surface area is 207 Å². The maximum Gasteiger partial charge on any atom is 0.537 e. The van der Waals surface area contributed by atoms with Gasteiger partial charge >= 0.3 is 17.6 Å². The molecular formula is C26H40O6Si2. The van der Waals surface area contributed by atoms with Gasteiger partial charge in [0.25, 0.3) is 0 Å². The van der Waals surface area contributed by atoms with E-state index in [-0.39, 0.29) is 0 Å². The molecule has 0 aliphatic rings. The fraction of sp³-hybridized carbons (Fsp3) is 0.462. The Hall–Kier alpha value is -1.63. The molecule has 0 atom stereocenters. The summed E-state index contributed by atoms with van der Waals surface area (Å²) in [6, 6.07) is 16.3. The molecule has 8 heteroatoms. The van der Waals surface area contributed by atoms with Crippen LogP contribution in [-0.2, 0) is 26.6 Å². The van der Waals surface area contributed by atoms with Crippen molar-refractivity contribution in [3.8, 4) is 0 Å². The van der Waals surface area contributed by atoms with E-state index in [0.29, 0.717) is 39.6 Å². The van der Waals surface area contributed by atoms with Crippen molar-refractivity contribution in [3.63, 3.8) is 0 Å². The van der Waals surface area contributed by atoms with Crippen molar-refractivity contribution in [2.75, 3.05) is 39.6 Å². The van der Waals surface area contributed by atoms with E-state index in [9.17, 15) is 0 Å². The summed E-state index contributed by atoms with van der Waals surface area (Å²) >= 11 is 0. The summed E-state index contributed by atoms with van der Waals surface area (Å²) in [5.74, 6) is 0. The molecule has 6 nitrogen and oxygen atoms in total. The fourth-order valence-corrected chi connectivity index (χ4v) is 8.74. The summed E-state index contributed by atoms with van der Waals surface area (Å²) in [5, 5.41) is 1.90. The number of benzene rings is 2. The molecule has 0 fully saturated rings. The van der Waals surface area contributed by atoms with E-state index < -0.39 is 17.6 Å². The van der Waals surface area contributed by atoms with Gasteiger partial charge in [-0.25, -0.2) is 0 Å². The Morgan fingerprint density at radius 3 is 0.941 bits per heavy atom. The van der Waals surface area contributed by atoms with Gasteiger partial charge in [-0.05, 0) is 58.2 Å². The van der Waals surface area contributed by atoms with E-state index in [4.69, 9.17) is 26.6 Å². The van der Waals surface area contributed by atoms with Crippen molar-refractivity contribution in [2.24, 2.45) is 0 Å². The highest BCUT2D eigenvalue weighted by atomic mass is 28.4. The Morgan fingerprint density at radius 1 is 0.500 bits per heavy atom. The molecule has 2 rings (SSSR count). The van der Waals surface area contributed by atoms with Crippen LogP contribution in [0.3, 0.4) is 0 Å². The number of rotatable bonds is 16. The molecular weight excluding hydrogens is 464 g/mol. The van der Waals surface area contributed by atoms with Gasteiger partial charge in [0.1, 0.15) is 0 Å². The lowest BCUT2D eigenvalue weighted by Gasteiger charge is -2.29. The second kappa shape index (κ2) is 14.1. The molecule has 0 N–H and O–H groups in total. The third-order valence-corrected chi connectivity index (χ3v) is 11.3. The summed E-state index contributed by atoms with van der Waals surface area (Å²) in [7, 11) is -5.86. The smallest absolute Gasteiger partial charge is 0.370 e. The third kappa shape index (κ3) is 6.74. The molecule has 0 aliphatic heterocycles. The summed E-state index contributed by atoms with van der Waals surface area (Å²) in [4.78, 5) is 0. The molecule has 34 heavy (non-hydrogen) atoms. The average Bonchev–Trinajstić information content (AvgIpc) is 2.84. The Morgan fingerprint density at radius 2 is 0.735 bits per heavy atom. The summed E-state index contributed by atoms with van der Waals surface area (Å²) < 4.78 is 36.2. The minimum Gasteiger partial charge on any atom is -0.370 e. The molecule has 0 saturated heterocycles. The highest BCUT2D eigenvalue weighted by molar-refractivity contribution is 6.75. The molecule has 0 amide bonds. The lowest BCUT2D eigenvalue weighted by Crippen LogP contribution is -2.56. The molecule has 0 heterocycles. The second-order valence-electron chi connectivity index (χ2n) is 7.34. The molecule has 0 bridgehead atoms. The van der Waals surface area contributed by atoms with Crippen molar-refractivity contribution in [2.45, 2.75) is 41.5 Å². The molecule has 0 radical (unpaired) electrons. The first-order valence-corrected chi connectivity index (χ1v) is 15.6. The minimum absolute atomic E-state index is 0.531. The summed E-state index contributed by atoms with van der Waals surface area (Å²) in [6.07, 6.45) is 0. The minimum atomic E-state index is -2.93. The Balaban J connectivity index is 2.30. The molecule has 0 aromatic heterocycles. The van der Waals surface area contributed by atoms with Crippen molar-refractivity contribution in [3.05, 3.63) is 66.2 Å². The SMILES string of the molecule is C=C(c1ccc([Si](OCC)(OCC)OCC)cc1)c1ccc([Si](OCC)(OCC)OCC)cc1. The maximum absolute atomic E-state index is 6.03. The lowest BCUT2D eigenvalue weighted by atomic mass is 10.00. The highest BCUT2D eigenvalue weighted by Gasteiger charge is 2.44. The largest absolute Gasteiger partial charge is 0.537 e. The van der Waals surface area contributed by atoms with E-state index in [1.807, 2.05) is 90.1 Å².